The average molecular weight is 403 g/mol. The molecule has 1 amide bonds. The first-order valence-corrected chi connectivity index (χ1v) is 10.4. The standard InChI is InChI=1S/C23H22N4OS/c1-17-26-22(16-29-17)20-9-7-18(8-10-20)11-12-24-23(28)13-19-14-25-27(15-19)21-5-3-2-4-6-21/h2-10,14-16H,11-13H2,1H3,(H,24,28). The van der Waals surface area contributed by atoms with E-state index in [-0.39, 0.29) is 5.91 Å². The molecule has 146 valence electrons. The van der Waals surface area contributed by atoms with E-state index in [9.17, 15) is 4.79 Å². The lowest BCUT2D eigenvalue weighted by atomic mass is 10.1. The molecule has 29 heavy (non-hydrogen) atoms. The van der Waals surface area contributed by atoms with Gasteiger partial charge in [0.05, 0.1) is 29.0 Å². The fourth-order valence-corrected chi connectivity index (χ4v) is 3.73. The molecule has 0 saturated heterocycles. The van der Waals surface area contributed by atoms with Crippen LogP contribution in [-0.4, -0.2) is 27.2 Å². The molecule has 5 nitrogen and oxygen atoms in total. The zero-order valence-corrected chi connectivity index (χ0v) is 17.0. The van der Waals surface area contributed by atoms with Gasteiger partial charge in [0.1, 0.15) is 0 Å². The Hall–Kier alpha value is -3.25. The van der Waals surface area contributed by atoms with Crippen molar-refractivity contribution >= 4 is 17.2 Å². The molecular formula is C23H22N4OS. The highest BCUT2D eigenvalue weighted by Gasteiger charge is 2.07. The van der Waals surface area contributed by atoms with Crippen molar-refractivity contribution < 1.29 is 4.79 Å². The normalized spacial score (nSPS) is 10.8. The molecule has 2 heterocycles. The monoisotopic (exact) mass is 402 g/mol. The molecule has 0 fully saturated rings. The second-order valence-corrected chi connectivity index (χ2v) is 7.92. The molecule has 0 aliphatic heterocycles. The van der Waals surface area contributed by atoms with Gasteiger partial charge in [-0.1, -0.05) is 42.5 Å². The quantitative estimate of drug-likeness (QED) is 0.504. The molecule has 0 aliphatic rings. The van der Waals surface area contributed by atoms with Crippen LogP contribution in [0.15, 0.2) is 72.4 Å². The highest BCUT2D eigenvalue weighted by atomic mass is 32.1. The van der Waals surface area contributed by atoms with E-state index in [0.717, 1.165) is 33.9 Å². The number of aryl methyl sites for hydroxylation is 1. The van der Waals surface area contributed by atoms with Crippen LogP contribution in [0.4, 0.5) is 0 Å². The minimum atomic E-state index is 0.00665. The number of amides is 1. The number of rotatable bonds is 7. The van der Waals surface area contributed by atoms with Crippen LogP contribution in [-0.2, 0) is 17.6 Å². The van der Waals surface area contributed by atoms with Crippen molar-refractivity contribution in [1.29, 1.82) is 0 Å². The Morgan fingerprint density at radius 1 is 1.07 bits per heavy atom. The van der Waals surface area contributed by atoms with Crippen molar-refractivity contribution in [2.24, 2.45) is 0 Å². The molecule has 0 radical (unpaired) electrons. The third kappa shape index (κ3) is 4.97. The number of hydrogen-bond acceptors (Lipinski definition) is 4. The SMILES string of the molecule is Cc1nc(-c2ccc(CCNC(=O)Cc3cnn(-c4ccccc4)c3)cc2)cs1. The van der Waals surface area contributed by atoms with E-state index < -0.39 is 0 Å². The maximum absolute atomic E-state index is 12.2. The van der Waals surface area contributed by atoms with Gasteiger partial charge in [-0.05, 0) is 36.6 Å². The summed E-state index contributed by atoms with van der Waals surface area (Å²) in [6.07, 6.45) is 4.76. The van der Waals surface area contributed by atoms with E-state index in [1.165, 1.54) is 5.56 Å². The molecule has 0 saturated carbocycles. The molecule has 4 aromatic rings. The Balaban J connectivity index is 1.25. The maximum Gasteiger partial charge on any atom is 0.224 e. The highest BCUT2D eigenvalue weighted by molar-refractivity contribution is 7.09. The van der Waals surface area contributed by atoms with Crippen molar-refractivity contribution in [1.82, 2.24) is 20.1 Å². The predicted octanol–water partition coefficient (Wildman–Crippen LogP) is 4.21. The highest BCUT2D eigenvalue weighted by Crippen LogP contribution is 2.21. The van der Waals surface area contributed by atoms with E-state index in [4.69, 9.17) is 0 Å². The average Bonchev–Trinajstić information content (AvgIpc) is 3.38. The fourth-order valence-electron chi connectivity index (χ4n) is 3.11. The lowest BCUT2D eigenvalue weighted by molar-refractivity contribution is -0.120. The van der Waals surface area contributed by atoms with Gasteiger partial charge in [-0.3, -0.25) is 4.79 Å². The topological polar surface area (TPSA) is 59.8 Å². The third-order valence-electron chi connectivity index (χ3n) is 4.63. The van der Waals surface area contributed by atoms with Gasteiger partial charge in [-0.2, -0.15) is 5.10 Å². The van der Waals surface area contributed by atoms with Crippen LogP contribution < -0.4 is 5.32 Å². The van der Waals surface area contributed by atoms with Crippen LogP contribution in [0.1, 0.15) is 16.1 Å². The summed E-state index contributed by atoms with van der Waals surface area (Å²) >= 11 is 1.66. The summed E-state index contributed by atoms with van der Waals surface area (Å²) in [6.45, 7) is 2.62. The number of nitrogens with one attached hydrogen (secondary N) is 1. The summed E-state index contributed by atoms with van der Waals surface area (Å²) in [5, 5.41) is 10.5. The van der Waals surface area contributed by atoms with E-state index in [1.54, 1.807) is 22.2 Å². The number of benzene rings is 2. The molecule has 0 spiro atoms. The number of aromatic nitrogens is 3. The molecule has 2 aromatic carbocycles. The first kappa shape index (κ1) is 19.1. The van der Waals surface area contributed by atoms with E-state index >= 15 is 0 Å². The van der Waals surface area contributed by atoms with Gasteiger partial charge in [0.15, 0.2) is 0 Å². The maximum atomic E-state index is 12.2. The van der Waals surface area contributed by atoms with Crippen LogP contribution in [0.2, 0.25) is 0 Å². The largest absolute Gasteiger partial charge is 0.355 e. The van der Waals surface area contributed by atoms with Crippen LogP contribution in [0, 0.1) is 6.92 Å². The predicted molar refractivity (Wildman–Crippen MR) is 116 cm³/mol. The van der Waals surface area contributed by atoms with Gasteiger partial charge in [0.25, 0.3) is 0 Å². The lowest BCUT2D eigenvalue weighted by Gasteiger charge is -2.05. The first-order valence-electron chi connectivity index (χ1n) is 9.54. The van der Waals surface area contributed by atoms with E-state index in [0.29, 0.717) is 13.0 Å². The van der Waals surface area contributed by atoms with Gasteiger partial charge < -0.3 is 5.32 Å². The molecule has 0 unspecified atom stereocenters. The lowest BCUT2D eigenvalue weighted by Crippen LogP contribution is -2.27. The van der Waals surface area contributed by atoms with Crippen LogP contribution in [0.3, 0.4) is 0 Å². The molecule has 6 heteroatoms. The molecule has 0 bridgehead atoms. The van der Waals surface area contributed by atoms with Gasteiger partial charge in [0, 0.05) is 23.7 Å². The zero-order valence-electron chi connectivity index (χ0n) is 16.2. The van der Waals surface area contributed by atoms with Crippen LogP contribution >= 0.6 is 11.3 Å². The minimum absolute atomic E-state index is 0.00665. The zero-order chi connectivity index (χ0) is 20.1. The van der Waals surface area contributed by atoms with Crippen molar-refractivity contribution in [3.63, 3.8) is 0 Å². The Kier molecular flexibility index (Phi) is 5.81. The summed E-state index contributed by atoms with van der Waals surface area (Å²) in [7, 11) is 0. The van der Waals surface area contributed by atoms with E-state index in [1.807, 2.05) is 43.5 Å². The number of carbonyl (C=O) groups excluding carboxylic acids is 1. The second kappa shape index (κ2) is 8.84. The number of nitrogens with zero attached hydrogens (tertiary/aromatic N) is 3. The minimum Gasteiger partial charge on any atom is -0.355 e. The van der Waals surface area contributed by atoms with Crippen LogP contribution in [0.25, 0.3) is 16.9 Å². The Bertz CT molecular complexity index is 1080. The third-order valence-corrected chi connectivity index (χ3v) is 5.40. The van der Waals surface area contributed by atoms with Crippen molar-refractivity contribution in [3.05, 3.63) is 88.5 Å². The summed E-state index contributed by atoms with van der Waals surface area (Å²) < 4.78 is 1.79. The summed E-state index contributed by atoms with van der Waals surface area (Å²) in [4.78, 5) is 16.7. The molecule has 0 aliphatic carbocycles. The second-order valence-electron chi connectivity index (χ2n) is 6.85. The Labute approximate surface area is 174 Å². The molecule has 4 rings (SSSR count). The van der Waals surface area contributed by atoms with Gasteiger partial charge >= 0.3 is 0 Å². The summed E-state index contributed by atoms with van der Waals surface area (Å²) in [5.74, 6) is 0.00665. The first-order chi connectivity index (χ1) is 14.2. The van der Waals surface area contributed by atoms with Crippen molar-refractivity contribution in [2.75, 3.05) is 6.54 Å². The van der Waals surface area contributed by atoms with Crippen molar-refractivity contribution in [2.45, 2.75) is 19.8 Å². The molecular weight excluding hydrogens is 380 g/mol. The number of carbonyl (C=O) groups is 1. The number of thiazole rings is 1. The Morgan fingerprint density at radius 2 is 1.86 bits per heavy atom. The summed E-state index contributed by atoms with van der Waals surface area (Å²) in [6, 6.07) is 18.2. The Morgan fingerprint density at radius 3 is 2.59 bits per heavy atom. The van der Waals surface area contributed by atoms with Gasteiger partial charge in [-0.25, -0.2) is 9.67 Å². The van der Waals surface area contributed by atoms with Crippen molar-refractivity contribution in [3.8, 4) is 16.9 Å². The number of hydrogen-bond donors (Lipinski definition) is 1. The summed E-state index contributed by atoms with van der Waals surface area (Å²) in [5.41, 5.74) is 5.21. The fraction of sp³-hybridized carbons (Fsp3) is 0.174. The number of para-hydroxylation sites is 1. The van der Waals surface area contributed by atoms with E-state index in [2.05, 4.69) is 45.0 Å². The van der Waals surface area contributed by atoms with Gasteiger partial charge in [0.2, 0.25) is 5.91 Å². The van der Waals surface area contributed by atoms with Crippen LogP contribution in [0.5, 0.6) is 0 Å². The molecule has 0 atom stereocenters. The smallest absolute Gasteiger partial charge is 0.224 e. The molecule has 1 N–H and O–H groups in total. The van der Waals surface area contributed by atoms with Gasteiger partial charge in [-0.15, -0.1) is 11.3 Å². The molecule has 2 aromatic heterocycles.